The highest BCUT2D eigenvalue weighted by atomic mass is 16.5. The van der Waals surface area contributed by atoms with E-state index in [2.05, 4.69) is 9.88 Å². The lowest BCUT2D eigenvalue weighted by Gasteiger charge is -2.31. The van der Waals surface area contributed by atoms with Gasteiger partial charge in [-0.1, -0.05) is 0 Å². The monoisotopic (exact) mass is 222 g/mol. The van der Waals surface area contributed by atoms with Crippen molar-refractivity contribution in [1.82, 2.24) is 9.88 Å². The summed E-state index contributed by atoms with van der Waals surface area (Å²) in [4.78, 5) is 6.34. The van der Waals surface area contributed by atoms with Crippen LogP contribution in [0.2, 0.25) is 0 Å². The van der Waals surface area contributed by atoms with Crippen molar-refractivity contribution in [3.8, 4) is 0 Å². The number of aliphatic hydroxyl groups excluding tert-OH is 1. The maximum Gasteiger partial charge on any atom is 0.0932 e. The van der Waals surface area contributed by atoms with Crippen molar-refractivity contribution in [2.75, 3.05) is 32.8 Å². The van der Waals surface area contributed by atoms with E-state index in [4.69, 9.17) is 9.84 Å². The Balaban J connectivity index is 1.77. The van der Waals surface area contributed by atoms with E-state index >= 15 is 0 Å². The first-order valence-electron chi connectivity index (χ1n) is 5.72. The summed E-state index contributed by atoms with van der Waals surface area (Å²) in [6.07, 6.45) is 4.67. The van der Waals surface area contributed by atoms with Gasteiger partial charge < -0.3 is 9.84 Å². The van der Waals surface area contributed by atoms with Crippen molar-refractivity contribution >= 4 is 0 Å². The minimum absolute atomic E-state index is 0.00816. The molecule has 0 radical (unpaired) electrons. The Hall–Kier alpha value is -0.970. The first kappa shape index (κ1) is 11.5. The third kappa shape index (κ3) is 3.27. The Morgan fingerprint density at radius 2 is 2.25 bits per heavy atom. The van der Waals surface area contributed by atoms with E-state index in [1.807, 2.05) is 24.5 Å². The summed E-state index contributed by atoms with van der Waals surface area (Å²) in [5, 5.41) is 9.03. The molecule has 4 heteroatoms. The topological polar surface area (TPSA) is 45.6 Å². The number of rotatable bonds is 4. The van der Waals surface area contributed by atoms with E-state index in [0.717, 1.165) is 32.7 Å². The summed E-state index contributed by atoms with van der Waals surface area (Å²) in [5.74, 6) is 0. The van der Waals surface area contributed by atoms with Crippen LogP contribution in [0, 0.1) is 0 Å². The normalized spacial score (nSPS) is 22.2. The van der Waals surface area contributed by atoms with E-state index in [9.17, 15) is 0 Å². The molecule has 0 saturated carbocycles. The summed E-state index contributed by atoms with van der Waals surface area (Å²) in [6.45, 7) is 3.65. The van der Waals surface area contributed by atoms with E-state index in [1.54, 1.807) is 0 Å². The smallest absolute Gasteiger partial charge is 0.0932 e. The Bertz CT molecular complexity index is 305. The number of aromatic nitrogens is 1. The number of pyridine rings is 1. The number of hydrogen-bond acceptors (Lipinski definition) is 4. The molecule has 1 aromatic rings. The highest BCUT2D eigenvalue weighted by molar-refractivity contribution is 5.09. The molecule has 0 aromatic carbocycles. The van der Waals surface area contributed by atoms with Gasteiger partial charge in [0.15, 0.2) is 0 Å². The molecule has 0 bridgehead atoms. The van der Waals surface area contributed by atoms with Gasteiger partial charge in [0.05, 0.1) is 19.3 Å². The predicted octanol–water partition coefficient (Wildman–Crippen LogP) is 0.317. The first-order valence-corrected chi connectivity index (χ1v) is 5.72. The lowest BCUT2D eigenvalue weighted by Crippen LogP contribution is -2.44. The molecule has 4 nitrogen and oxygen atoms in total. The van der Waals surface area contributed by atoms with Crippen LogP contribution in [0.4, 0.5) is 0 Å². The zero-order valence-corrected chi connectivity index (χ0v) is 9.38. The molecule has 0 amide bonds. The van der Waals surface area contributed by atoms with Crippen LogP contribution in [-0.2, 0) is 11.2 Å². The standard InChI is InChI=1S/C12H18N2O2/c15-10-12-9-14(7-8-16-12)6-3-11-1-4-13-5-2-11/h1-2,4-5,12,15H,3,6-10H2. The zero-order valence-electron chi connectivity index (χ0n) is 9.38. The van der Waals surface area contributed by atoms with Gasteiger partial charge in [0.1, 0.15) is 0 Å². The Morgan fingerprint density at radius 1 is 1.44 bits per heavy atom. The third-order valence-corrected chi connectivity index (χ3v) is 2.89. The van der Waals surface area contributed by atoms with Crippen LogP contribution < -0.4 is 0 Å². The second-order valence-corrected chi connectivity index (χ2v) is 4.08. The van der Waals surface area contributed by atoms with Crippen LogP contribution >= 0.6 is 0 Å². The fourth-order valence-corrected chi connectivity index (χ4v) is 1.93. The molecule has 1 atom stereocenters. The maximum absolute atomic E-state index is 9.03. The average molecular weight is 222 g/mol. The summed E-state index contributed by atoms with van der Waals surface area (Å²) < 4.78 is 5.41. The first-order chi connectivity index (χ1) is 7.88. The minimum Gasteiger partial charge on any atom is -0.394 e. The Labute approximate surface area is 95.9 Å². The van der Waals surface area contributed by atoms with Crippen LogP contribution in [0.3, 0.4) is 0 Å². The maximum atomic E-state index is 9.03. The number of aliphatic hydroxyl groups is 1. The summed E-state index contributed by atoms with van der Waals surface area (Å²) in [5.41, 5.74) is 1.31. The summed E-state index contributed by atoms with van der Waals surface area (Å²) >= 11 is 0. The molecule has 16 heavy (non-hydrogen) atoms. The van der Waals surface area contributed by atoms with Gasteiger partial charge >= 0.3 is 0 Å². The molecular weight excluding hydrogens is 204 g/mol. The van der Waals surface area contributed by atoms with Gasteiger partial charge in [-0.15, -0.1) is 0 Å². The number of ether oxygens (including phenoxy) is 1. The predicted molar refractivity (Wildman–Crippen MR) is 61.2 cm³/mol. The molecule has 0 spiro atoms. The molecule has 1 aliphatic rings. The van der Waals surface area contributed by atoms with E-state index < -0.39 is 0 Å². The molecule has 88 valence electrons. The molecule has 2 rings (SSSR count). The Kier molecular flexibility index (Phi) is 4.27. The molecule has 1 aromatic heterocycles. The number of nitrogens with zero attached hydrogens (tertiary/aromatic N) is 2. The molecular formula is C12H18N2O2. The molecule has 1 unspecified atom stereocenters. The van der Waals surface area contributed by atoms with Crippen molar-refractivity contribution in [2.24, 2.45) is 0 Å². The van der Waals surface area contributed by atoms with Crippen molar-refractivity contribution in [3.63, 3.8) is 0 Å². The zero-order chi connectivity index (χ0) is 11.2. The van der Waals surface area contributed by atoms with Crippen molar-refractivity contribution < 1.29 is 9.84 Å². The largest absolute Gasteiger partial charge is 0.394 e. The lowest BCUT2D eigenvalue weighted by atomic mass is 10.2. The fourth-order valence-electron chi connectivity index (χ4n) is 1.93. The quantitative estimate of drug-likeness (QED) is 0.797. The highest BCUT2D eigenvalue weighted by Gasteiger charge is 2.18. The van der Waals surface area contributed by atoms with Crippen molar-refractivity contribution in [3.05, 3.63) is 30.1 Å². The summed E-state index contributed by atoms with van der Waals surface area (Å²) in [6, 6.07) is 4.09. The minimum atomic E-state index is -0.00816. The molecule has 0 aliphatic carbocycles. The van der Waals surface area contributed by atoms with Gasteiger partial charge in [0.2, 0.25) is 0 Å². The number of morpholine rings is 1. The second kappa shape index (κ2) is 5.94. The number of hydrogen-bond donors (Lipinski definition) is 1. The highest BCUT2D eigenvalue weighted by Crippen LogP contribution is 2.06. The fraction of sp³-hybridized carbons (Fsp3) is 0.583. The molecule has 1 aliphatic heterocycles. The van der Waals surface area contributed by atoms with E-state index in [0.29, 0.717) is 0 Å². The lowest BCUT2D eigenvalue weighted by molar-refractivity contribution is -0.0523. The van der Waals surface area contributed by atoms with Crippen molar-refractivity contribution in [1.29, 1.82) is 0 Å². The third-order valence-electron chi connectivity index (χ3n) is 2.89. The summed E-state index contributed by atoms with van der Waals surface area (Å²) in [7, 11) is 0. The van der Waals surface area contributed by atoms with Gasteiger partial charge in [0.25, 0.3) is 0 Å². The molecule has 1 saturated heterocycles. The SMILES string of the molecule is OCC1CN(CCc2ccncc2)CCO1. The van der Waals surface area contributed by atoms with E-state index in [-0.39, 0.29) is 12.7 Å². The van der Waals surface area contributed by atoms with Gasteiger partial charge in [0, 0.05) is 32.0 Å². The van der Waals surface area contributed by atoms with Crippen LogP contribution in [-0.4, -0.2) is 53.9 Å². The van der Waals surface area contributed by atoms with Gasteiger partial charge in [-0.05, 0) is 24.1 Å². The van der Waals surface area contributed by atoms with Gasteiger partial charge in [-0.25, -0.2) is 0 Å². The van der Waals surface area contributed by atoms with Crippen LogP contribution in [0.25, 0.3) is 0 Å². The van der Waals surface area contributed by atoms with Crippen LogP contribution in [0.15, 0.2) is 24.5 Å². The van der Waals surface area contributed by atoms with E-state index in [1.165, 1.54) is 5.56 Å². The second-order valence-electron chi connectivity index (χ2n) is 4.08. The van der Waals surface area contributed by atoms with Gasteiger partial charge in [-0.3, -0.25) is 9.88 Å². The van der Waals surface area contributed by atoms with Crippen molar-refractivity contribution in [2.45, 2.75) is 12.5 Å². The average Bonchev–Trinajstić information content (AvgIpc) is 2.38. The molecule has 1 N–H and O–H groups in total. The Morgan fingerprint density at radius 3 is 3.00 bits per heavy atom. The van der Waals surface area contributed by atoms with Crippen LogP contribution in [0.1, 0.15) is 5.56 Å². The molecule has 2 heterocycles. The molecule has 1 fully saturated rings. The van der Waals surface area contributed by atoms with Crippen LogP contribution in [0.5, 0.6) is 0 Å². The van der Waals surface area contributed by atoms with Gasteiger partial charge in [-0.2, -0.15) is 0 Å².